The van der Waals surface area contributed by atoms with Crippen LogP contribution in [-0.4, -0.2) is 6.41 Å². The van der Waals surface area contributed by atoms with Gasteiger partial charge in [-0.25, -0.2) is 0 Å². The van der Waals surface area contributed by atoms with Gasteiger partial charge in [-0.2, -0.15) is 0 Å². The van der Waals surface area contributed by atoms with Gasteiger partial charge in [0.1, 0.15) is 0 Å². The molecule has 0 bridgehead atoms. The van der Waals surface area contributed by atoms with Crippen molar-refractivity contribution in [1.82, 2.24) is 5.32 Å². The number of nitrogens with two attached hydrogens (primary N) is 1. The molecule has 0 aliphatic carbocycles. The molecule has 1 unspecified atom stereocenters. The molecule has 1 aromatic carbocycles. The molecule has 3 nitrogen and oxygen atoms in total. The van der Waals surface area contributed by atoms with E-state index in [-0.39, 0.29) is 6.04 Å². The Hall–Kier alpha value is -1.35. The van der Waals surface area contributed by atoms with E-state index in [0.717, 1.165) is 11.1 Å². The van der Waals surface area contributed by atoms with E-state index in [2.05, 4.69) is 5.32 Å². The van der Waals surface area contributed by atoms with Gasteiger partial charge in [-0.3, -0.25) is 4.79 Å². The highest BCUT2D eigenvalue weighted by Gasteiger charge is 1.97. The Morgan fingerprint density at radius 3 is 2.54 bits per heavy atom. The molecule has 0 heterocycles. The Labute approximate surface area is 77.9 Å². The van der Waals surface area contributed by atoms with Crippen LogP contribution in [0.3, 0.4) is 0 Å². The molecule has 3 heteroatoms. The van der Waals surface area contributed by atoms with E-state index >= 15 is 0 Å². The van der Waals surface area contributed by atoms with Gasteiger partial charge in [0, 0.05) is 12.6 Å². The lowest BCUT2D eigenvalue weighted by molar-refractivity contribution is -0.109. The number of rotatable bonds is 4. The third-order valence-electron chi connectivity index (χ3n) is 1.90. The van der Waals surface area contributed by atoms with Crippen molar-refractivity contribution in [3.8, 4) is 0 Å². The molecule has 1 aromatic rings. The third-order valence-corrected chi connectivity index (χ3v) is 1.90. The first-order valence-electron chi connectivity index (χ1n) is 4.25. The number of hydrogen-bond acceptors (Lipinski definition) is 2. The first-order chi connectivity index (χ1) is 6.24. The van der Waals surface area contributed by atoms with Crippen LogP contribution in [0.15, 0.2) is 24.3 Å². The quantitative estimate of drug-likeness (QED) is 0.674. The van der Waals surface area contributed by atoms with E-state index in [1.165, 1.54) is 0 Å². The lowest BCUT2D eigenvalue weighted by atomic mass is 10.1. The molecule has 3 N–H and O–H groups in total. The Kier molecular flexibility index (Phi) is 3.46. The summed E-state index contributed by atoms with van der Waals surface area (Å²) in [6.45, 7) is 2.52. The van der Waals surface area contributed by atoms with Gasteiger partial charge in [-0.05, 0) is 18.1 Å². The molecular weight excluding hydrogens is 164 g/mol. The third kappa shape index (κ3) is 2.87. The van der Waals surface area contributed by atoms with E-state index in [1.807, 2.05) is 31.2 Å². The first kappa shape index (κ1) is 9.74. The zero-order valence-corrected chi connectivity index (χ0v) is 7.66. The van der Waals surface area contributed by atoms with E-state index < -0.39 is 0 Å². The summed E-state index contributed by atoms with van der Waals surface area (Å²) >= 11 is 0. The molecule has 70 valence electrons. The zero-order chi connectivity index (χ0) is 9.68. The van der Waals surface area contributed by atoms with Crippen molar-refractivity contribution in [2.24, 2.45) is 5.73 Å². The summed E-state index contributed by atoms with van der Waals surface area (Å²) in [5.41, 5.74) is 7.88. The second-order valence-electron chi connectivity index (χ2n) is 3.03. The largest absolute Gasteiger partial charge is 0.355 e. The molecule has 0 aliphatic heterocycles. The summed E-state index contributed by atoms with van der Waals surface area (Å²) < 4.78 is 0. The highest BCUT2D eigenvalue weighted by atomic mass is 16.1. The lowest BCUT2D eigenvalue weighted by Gasteiger charge is -2.06. The van der Waals surface area contributed by atoms with E-state index in [4.69, 9.17) is 5.73 Å². The fraction of sp³-hybridized carbons (Fsp3) is 0.300. The molecule has 0 saturated heterocycles. The van der Waals surface area contributed by atoms with Crippen molar-refractivity contribution >= 4 is 6.41 Å². The summed E-state index contributed by atoms with van der Waals surface area (Å²) in [5.74, 6) is 0. The Balaban J connectivity index is 2.64. The van der Waals surface area contributed by atoms with Crippen molar-refractivity contribution in [2.45, 2.75) is 19.5 Å². The van der Waals surface area contributed by atoms with Crippen molar-refractivity contribution in [2.75, 3.05) is 0 Å². The monoisotopic (exact) mass is 178 g/mol. The van der Waals surface area contributed by atoms with Crippen LogP contribution in [-0.2, 0) is 11.3 Å². The molecule has 1 rings (SSSR count). The molecular formula is C10H14N2O. The Bertz CT molecular complexity index is 267. The number of benzene rings is 1. The standard InChI is InChI=1S/C10H14N2O/c1-8(11)10-4-2-9(3-5-10)6-12-7-13/h2-5,7-8H,6,11H2,1H3,(H,12,13). The fourth-order valence-corrected chi connectivity index (χ4v) is 1.10. The Morgan fingerprint density at radius 2 is 2.08 bits per heavy atom. The molecule has 0 saturated carbocycles. The summed E-state index contributed by atoms with van der Waals surface area (Å²) in [7, 11) is 0. The van der Waals surface area contributed by atoms with Crippen LogP contribution in [0.25, 0.3) is 0 Å². The van der Waals surface area contributed by atoms with Gasteiger partial charge in [0.2, 0.25) is 6.41 Å². The summed E-state index contributed by atoms with van der Waals surface area (Å²) in [5, 5.41) is 2.60. The minimum Gasteiger partial charge on any atom is -0.355 e. The van der Waals surface area contributed by atoms with Crippen LogP contribution in [0.4, 0.5) is 0 Å². The predicted molar refractivity (Wildman–Crippen MR) is 51.9 cm³/mol. The van der Waals surface area contributed by atoms with Crippen molar-refractivity contribution < 1.29 is 4.79 Å². The van der Waals surface area contributed by atoms with Crippen LogP contribution in [0, 0.1) is 0 Å². The number of carbonyl (C=O) groups excluding carboxylic acids is 1. The van der Waals surface area contributed by atoms with Gasteiger partial charge >= 0.3 is 0 Å². The van der Waals surface area contributed by atoms with Crippen molar-refractivity contribution in [1.29, 1.82) is 0 Å². The predicted octanol–water partition coefficient (Wildman–Crippen LogP) is 0.952. The Morgan fingerprint density at radius 1 is 1.46 bits per heavy atom. The molecule has 0 aliphatic rings. The number of hydrogen-bond donors (Lipinski definition) is 2. The smallest absolute Gasteiger partial charge is 0.207 e. The van der Waals surface area contributed by atoms with Crippen LogP contribution < -0.4 is 11.1 Å². The highest BCUT2D eigenvalue weighted by molar-refractivity contribution is 5.46. The maximum Gasteiger partial charge on any atom is 0.207 e. The lowest BCUT2D eigenvalue weighted by Crippen LogP contribution is -2.10. The van der Waals surface area contributed by atoms with Gasteiger partial charge in [-0.15, -0.1) is 0 Å². The van der Waals surface area contributed by atoms with E-state index in [1.54, 1.807) is 0 Å². The van der Waals surface area contributed by atoms with E-state index in [9.17, 15) is 4.79 Å². The fourth-order valence-electron chi connectivity index (χ4n) is 1.10. The molecule has 0 aromatic heterocycles. The van der Waals surface area contributed by atoms with Gasteiger partial charge < -0.3 is 11.1 Å². The second-order valence-corrected chi connectivity index (χ2v) is 3.03. The average molecular weight is 178 g/mol. The number of amides is 1. The van der Waals surface area contributed by atoms with Crippen LogP contribution >= 0.6 is 0 Å². The van der Waals surface area contributed by atoms with Crippen molar-refractivity contribution in [3.05, 3.63) is 35.4 Å². The van der Waals surface area contributed by atoms with Crippen LogP contribution in [0.1, 0.15) is 24.1 Å². The zero-order valence-electron chi connectivity index (χ0n) is 7.66. The van der Waals surface area contributed by atoms with Crippen LogP contribution in [0.2, 0.25) is 0 Å². The molecule has 0 radical (unpaired) electrons. The molecule has 1 amide bonds. The maximum atomic E-state index is 10.0. The normalized spacial score (nSPS) is 12.2. The van der Waals surface area contributed by atoms with Crippen LogP contribution in [0.5, 0.6) is 0 Å². The maximum absolute atomic E-state index is 10.0. The average Bonchev–Trinajstić information content (AvgIpc) is 2.15. The minimum absolute atomic E-state index is 0.0630. The van der Waals surface area contributed by atoms with Gasteiger partial charge in [0.25, 0.3) is 0 Å². The van der Waals surface area contributed by atoms with Crippen molar-refractivity contribution in [3.63, 3.8) is 0 Å². The SMILES string of the molecule is CC(N)c1ccc(CNC=O)cc1. The highest BCUT2D eigenvalue weighted by Crippen LogP contribution is 2.10. The van der Waals surface area contributed by atoms with Gasteiger partial charge in [-0.1, -0.05) is 24.3 Å². The topological polar surface area (TPSA) is 55.1 Å². The second kappa shape index (κ2) is 4.62. The molecule has 13 heavy (non-hydrogen) atoms. The minimum atomic E-state index is 0.0630. The molecule has 0 spiro atoms. The summed E-state index contributed by atoms with van der Waals surface area (Å²) in [6, 6.07) is 7.96. The number of carbonyl (C=O) groups is 1. The van der Waals surface area contributed by atoms with Gasteiger partial charge in [0.05, 0.1) is 0 Å². The molecule has 0 fully saturated rings. The first-order valence-corrected chi connectivity index (χ1v) is 4.25. The molecule has 1 atom stereocenters. The summed E-state index contributed by atoms with van der Waals surface area (Å²) in [4.78, 5) is 10.0. The van der Waals surface area contributed by atoms with E-state index in [0.29, 0.717) is 13.0 Å². The summed E-state index contributed by atoms with van der Waals surface area (Å²) in [6.07, 6.45) is 0.694. The van der Waals surface area contributed by atoms with Gasteiger partial charge in [0.15, 0.2) is 0 Å². The number of nitrogens with one attached hydrogen (secondary N) is 1.